The van der Waals surface area contributed by atoms with E-state index in [-0.39, 0.29) is 65.3 Å². The van der Waals surface area contributed by atoms with Crippen molar-refractivity contribution in [2.24, 2.45) is 17.6 Å². The van der Waals surface area contributed by atoms with Crippen LogP contribution in [0.1, 0.15) is 31.7 Å². The number of nitrogens with one attached hydrogen (secondary N) is 1. The van der Waals surface area contributed by atoms with Crippen molar-refractivity contribution >= 4 is 39.3 Å². The molecule has 2 amide bonds. The Hall–Kier alpha value is -4.72. The average Bonchev–Trinajstić information content (AvgIpc) is 3.80. The Kier molecular flexibility index (Phi) is 7.13. The summed E-state index contributed by atoms with van der Waals surface area (Å²) in [5, 5.41) is 14.4. The lowest BCUT2D eigenvalue weighted by Crippen LogP contribution is -2.44. The number of carbonyl (C=O) groups excluding carboxylic acids is 2. The van der Waals surface area contributed by atoms with Crippen molar-refractivity contribution in [3.8, 4) is 23.0 Å². The highest BCUT2D eigenvalue weighted by Crippen LogP contribution is 2.43. The number of fused-ring (bicyclic) bond motifs is 4. The van der Waals surface area contributed by atoms with Gasteiger partial charge in [-0.15, -0.1) is 0 Å². The SMILES string of the molecule is CCc1c(F)ccc2cc(O)cc(-c3ncc4c(N5C[C@@H]6C(C(N)=O)NC(=O)[C@@H]6C5)nc(OC[C@@]56CCCN5C[C@H](F)C6)nc4c3F)c12. The number of aryl methyl sites for hydroxylation is 1. The van der Waals surface area contributed by atoms with Crippen molar-refractivity contribution in [2.45, 2.75) is 50.4 Å². The van der Waals surface area contributed by atoms with E-state index >= 15 is 4.39 Å². The maximum absolute atomic E-state index is 16.9. The number of pyridine rings is 1. The average molecular weight is 662 g/mol. The molecule has 14 heteroatoms. The van der Waals surface area contributed by atoms with Gasteiger partial charge in [-0.3, -0.25) is 19.5 Å². The number of phenols is 1. The minimum absolute atomic E-state index is 0.103. The van der Waals surface area contributed by atoms with Crippen LogP contribution in [0.15, 0.2) is 30.5 Å². The summed E-state index contributed by atoms with van der Waals surface area (Å²) in [7, 11) is 0. The first-order valence-corrected chi connectivity index (χ1v) is 16.2. The smallest absolute Gasteiger partial charge is 0.319 e. The molecule has 6 heterocycles. The van der Waals surface area contributed by atoms with Crippen molar-refractivity contribution in [3.63, 3.8) is 0 Å². The number of amides is 2. The van der Waals surface area contributed by atoms with Crippen LogP contribution in [0.5, 0.6) is 11.8 Å². The van der Waals surface area contributed by atoms with Gasteiger partial charge < -0.3 is 25.8 Å². The highest BCUT2D eigenvalue weighted by Gasteiger charge is 2.51. The Morgan fingerprint density at radius 3 is 2.83 bits per heavy atom. The van der Waals surface area contributed by atoms with E-state index in [4.69, 9.17) is 10.5 Å². The van der Waals surface area contributed by atoms with Crippen molar-refractivity contribution in [3.05, 3.63) is 47.7 Å². The molecular weight excluding hydrogens is 627 g/mol. The molecule has 0 radical (unpaired) electrons. The Balaban J connectivity index is 1.26. The Morgan fingerprint density at radius 2 is 2.04 bits per heavy atom. The Labute approximate surface area is 273 Å². The van der Waals surface area contributed by atoms with E-state index in [2.05, 4.69) is 25.2 Å². The molecule has 4 N–H and O–H groups in total. The van der Waals surface area contributed by atoms with Crippen LogP contribution in [0, 0.1) is 23.5 Å². The lowest BCUT2D eigenvalue weighted by atomic mass is 9.93. The van der Waals surface area contributed by atoms with E-state index in [1.807, 2.05) is 0 Å². The zero-order valence-electron chi connectivity index (χ0n) is 26.2. The minimum atomic E-state index is -0.976. The highest BCUT2D eigenvalue weighted by atomic mass is 19.1. The highest BCUT2D eigenvalue weighted by molar-refractivity contribution is 6.02. The number of benzene rings is 2. The molecular formula is C34H34F3N7O4. The number of anilines is 1. The zero-order valence-corrected chi connectivity index (χ0v) is 26.2. The summed E-state index contributed by atoms with van der Waals surface area (Å²) in [5.41, 5.74) is 5.34. The molecule has 1 unspecified atom stereocenters. The van der Waals surface area contributed by atoms with Crippen LogP contribution in [0.4, 0.5) is 19.0 Å². The molecule has 0 saturated carbocycles. The molecule has 2 aromatic heterocycles. The van der Waals surface area contributed by atoms with E-state index in [0.29, 0.717) is 35.7 Å². The second-order valence-electron chi connectivity index (χ2n) is 13.4. The second-order valence-corrected chi connectivity index (χ2v) is 13.4. The molecule has 0 bridgehead atoms. The van der Waals surface area contributed by atoms with Gasteiger partial charge in [0, 0.05) is 43.7 Å². The monoisotopic (exact) mass is 661 g/mol. The molecule has 4 aromatic rings. The Bertz CT molecular complexity index is 2010. The fourth-order valence-electron chi connectivity index (χ4n) is 8.46. The van der Waals surface area contributed by atoms with Gasteiger partial charge in [-0.1, -0.05) is 13.0 Å². The third-order valence-corrected chi connectivity index (χ3v) is 10.7. The first-order chi connectivity index (χ1) is 23.1. The molecule has 2 aromatic carbocycles. The number of primary amides is 1. The normalized spacial score (nSPS) is 26.8. The quantitative estimate of drug-likeness (QED) is 0.271. The first-order valence-electron chi connectivity index (χ1n) is 16.2. The molecule has 4 aliphatic rings. The van der Waals surface area contributed by atoms with Crippen LogP contribution in [0.2, 0.25) is 0 Å². The molecule has 0 spiro atoms. The van der Waals surface area contributed by atoms with Crippen molar-refractivity contribution in [1.82, 2.24) is 25.2 Å². The number of hydrogen-bond acceptors (Lipinski definition) is 9. The van der Waals surface area contributed by atoms with Gasteiger partial charge in [0.2, 0.25) is 11.8 Å². The molecule has 4 aliphatic heterocycles. The van der Waals surface area contributed by atoms with Gasteiger partial charge in [0.05, 0.1) is 16.8 Å². The van der Waals surface area contributed by atoms with Crippen molar-refractivity contribution in [1.29, 1.82) is 0 Å². The first kappa shape index (κ1) is 30.6. The number of hydrogen-bond donors (Lipinski definition) is 3. The maximum Gasteiger partial charge on any atom is 0.319 e. The number of nitrogens with two attached hydrogens (primary N) is 1. The fraction of sp³-hybridized carbons (Fsp3) is 0.441. The molecule has 11 nitrogen and oxygen atoms in total. The molecule has 48 heavy (non-hydrogen) atoms. The minimum Gasteiger partial charge on any atom is -0.508 e. The van der Waals surface area contributed by atoms with Gasteiger partial charge in [-0.25, -0.2) is 13.2 Å². The summed E-state index contributed by atoms with van der Waals surface area (Å²) in [4.78, 5) is 42.4. The van der Waals surface area contributed by atoms with Crippen LogP contribution in [-0.4, -0.2) is 87.3 Å². The number of phenolic OH excluding ortho intramolecular Hbond substituents is 1. The third kappa shape index (κ3) is 4.71. The van der Waals surface area contributed by atoms with Crippen LogP contribution < -0.4 is 20.7 Å². The van der Waals surface area contributed by atoms with Crippen molar-refractivity contribution in [2.75, 3.05) is 37.7 Å². The molecule has 250 valence electrons. The van der Waals surface area contributed by atoms with Crippen LogP contribution >= 0.6 is 0 Å². The number of rotatable bonds is 7. The number of alkyl halides is 1. The lowest BCUT2D eigenvalue weighted by Gasteiger charge is -2.31. The number of aromatic nitrogens is 3. The summed E-state index contributed by atoms with van der Waals surface area (Å²) in [6.07, 6.45) is 2.72. The fourth-order valence-corrected chi connectivity index (χ4v) is 8.46. The van der Waals surface area contributed by atoms with Gasteiger partial charge in [0.1, 0.15) is 47.4 Å². The predicted octanol–water partition coefficient (Wildman–Crippen LogP) is 3.38. The van der Waals surface area contributed by atoms with E-state index in [0.717, 1.165) is 19.4 Å². The number of ether oxygens (including phenoxy) is 1. The second kappa shape index (κ2) is 11.2. The lowest BCUT2D eigenvalue weighted by molar-refractivity contribution is -0.125. The molecule has 4 fully saturated rings. The van der Waals surface area contributed by atoms with Crippen LogP contribution in [0.25, 0.3) is 32.9 Å². The number of halogens is 3. The van der Waals surface area contributed by atoms with E-state index in [9.17, 15) is 23.5 Å². The maximum atomic E-state index is 16.9. The predicted molar refractivity (Wildman–Crippen MR) is 170 cm³/mol. The van der Waals surface area contributed by atoms with Gasteiger partial charge in [-0.2, -0.15) is 9.97 Å². The number of aromatic hydroxyl groups is 1. The largest absolute Gasteiger partial charge is 0.508 e. The summed E-state index contributed by atoms with van der Waals surface area (Å²) in [6, 6.07) is 4.68. The number of carbonyl (C=O) groups is 2. The molecule has 5 atom stereocenters. The number of nitrogens with zero attached hydrogens (tertiary/aromatic N) is 5. The summed E-state index contributed by atoms with van der Waals surface area (Å²) in [5.74, 6) is -3.09. The van der Waals surface area contributed by atoms with E-state index < -0.39 is 47.1 Å². The third-order valence-electron chi connectivity index (χ3n) is 10.7. The van der Waals surface area contributed by atoms with Crippen LogP contribution in [0.3, 0.4) is 0 Å². The van der Waals surface area contributed by atoms with E-state index in [1.54, 1.807) is 11.8 Å². The molecule has 4 saturated heterocycles. The standard InChI is InChI=1S/C34H34F3N7O4/c1-2-19-24(36)5-4-16-8-18(45)9-20(25(16)19)27-26(37)28-21(11-39-27)31(43-13-22-23(14-43)32(47)40-29(22)30(38)46)42-33(41-28)48-15-34-6-3-7-44(34)12-17(35)10-34/h4-5,8-9,11,17,22-23,29,45H,2-3,6-7,10,12-15H2,1H3,(H2,38,46)(H,40,47)/t17-,22+,23-,29?,34+/m1/s1. The van der Waals surface area contributed by atoms with Gasteiger partial charge >= 0.3 is 6.01 Å². The summed E-state index contributed by atoms with van der Waals surface area (Å²) in [6.45, 7) is 3.39. The Morgan fingerprint density at radius 1 is 1.21 bits per heavy atom. The van der Waals surface area contributed by atoms with Gasteiger partial charge in [0.25, 0.3) is 0 Å². The van der Waals surface area contributed by atoms with Gasteiger partial charge in [0.15, 0.2) is 5.82 Å². The molecule has 0 aliphatic carbocycles. The summed E-state index contributed by atoms with van der Waals surface area (Å²) < 4.78 is 52.5. The topological polar surface area (TPSA) is 147 Å². The van der Waals surface area contributed by atoms with Gasteiger partial charge in [-0.05, 0) is 60.3 Å². The summed E-state index contributed by atoms with van der Waals surface area (Å²) >= 11 is 0. The zero-order chi connectivity index (χ0) is 33.5. The molecule has 8 rings (SSSR count). The van der Waals surface area contributed by atoms with Crippen LogP contribution in [-0.2, 0) is 16.0 Å². The van der Waals surface area contributed by atoms with Crippen molar-refractivity contribution < 1.29 is 32.6 Å². The van der Waals surface area contributed by atoms with E-state index in [1.165, 1.54) is 30.5 Å².